The third kappa shape index (κ3) is 7.87. The Morgan fingerprint density at radius 1 is 1.22 bits per heavy atom. The number of urea groups is 1. The number of hydrogen-bond donors (Lipinski definition) is 5. The summed E-state index contributed by atoms with van der Waals surface area (Å²) >= 11 is 1.87. The third-order valence-corrected chi connectivity index (χ3v) is 5.05. The Hall–Kier alpha value is -1.03. The number of fused-ring (bicyclic) bond motifs is 1. The number of aliphatic carboxylic acids is 1. The van der Waals surface area contributed by atoms with Crippen LogP contribution >= 0.6 is 11.8 Å². The Labute approximate surface area is 140 Å². The second-order valence-electron chi connectivity index (χ2n) is 5.32. The van der Waals surface area contributed by atoms with Crippen molar-refractivity contribution < 1.29 is 29.6 Å². The highest BCUT2D eigenvalue weighted by molar-refractivity contribution is 8.00. The van der Waals surface area contributed by atoms with Crippen LogP contribution in [-0.2, 0) is 9.53 Å². The molecule has 2 amide bonds. The van der Waals surface area contributed by atoms with Gasteiger partial charge < -0.3 is 30.7 Å². The zero-order valence-corrected chi connectivity index (χ0v) is 13.9. The van der Waals surface area contributed by atoms with Crippen molar-refractivity contribution in [2.45, 2.75) is 43.0 Å². The van der Waals surface area contributed by atoms with Crippen molar-refractivity contribution in [3.05, 3.63) is 0 Å². The number of unbranched alkanes of at least 4 members (excludes halogenated alkanes) is 1. The van der Waals surface area contributed by atoms with Gasteiger partial charge in [0.2, 0.25) is 0 Å². The highest BCUT2D eigenvalue weighted by Gasteiger charge is 2.42. The number of carbonyl (C=O) groups excluding carboxylic acids is 1. The number of carbonyl (C=O) groups is 2. The average Bonchev–Trinajstić information content (AvgIpc) is 3.04. The molecule has 134 valence electrons. The second kappa shape index (κ2) is 11.5. The summed E-state index contributed by atoms with van der Waals surface area (Å²) in [4.78, 5) is 21.5. The van der Waals surface area contributed by atoms with Gasteiger partial charge in [0.1, 0.15) is 0 Å². The van der Waals surface area contributed by atoms with E-state index in [1.165, 1.54) is 0 Å². The lowest BCUT2D eigenvalue weighted by Crippen LogP contribution is -2.36. The molecule has 9 heteroatoms. The predicted molar refractivity (Wildman–Crippen MR) is 86.6 cm³/mol. The topological polar surface area (TPSA) is 128 Å². The van der Waals surface area contributed by atoms with Crippen LogP contribution in [0.5, 0.6) is 0 Å². The minimum Gasteiger partial charge on any atom is -0.481 e. The fourth-order valence-corrected chi connectivity index (χ4v) is 4.04. The van der Waals surface area contributed by atoms with Crippen molar-refractivity contribution in [2.24, 2.45) is 0 Å². The first-order valence-electron chi connectivity index (χ1n) is 7.78. The zero-order valence-electron chi connectivity index (χ0n) is 13.1. The molecular formula is C14H26N2O6S. The molecule has 23 heavy (non-hydrogen) atoms. The number of rotatable bonds is 9. The van der Waals surface area contributed by atoms with Crippen LogP contribution in [-0.4, -0.2) is 76.8 Å². The molecule has 0 aromatic carbocycles. The van der Waals surface area contributed by atoms with E-state index in [0.29, 0.717) is 18.5 Å². The fraction of sp³-hybridized carbons (Fsp3) is 0.857. The van der Waals surface area contributed by atoms with E-state index in [4.69, 9.17) is 15.3 Å². The summed E-state index contributed by atoms with van der Waals surface area (Å²) in [6, 6.07) is 0.440. The highest BCUT2D eigenvalue weighted by Crippen LogP contribution is 2.33. The molecule has 2 aliphatic heterocycles. The van der Waals surface area contributed by atoms with Crippen LogP contribution in [0, 0.1) is 0 Å². The maximum Gasteiger partial charge on any atom is 0.315 e. The second-order valence-corrected chi connectivity index (χ2v) is 6.59. The highest BCUT2D eigenvalue weighted by atomic mass is 32.2. The summed E-state index contributed by atoms with van der Waals surface area (Å²) in [7, 11) is 0. The lowest BCUT2D eigenvalue weighted by molar-refractivity contribution is -0.137. The number of aliphatic hydroxyl groups is 2. The zero-order chi connectivity index (χ0) is 17.1. The molecule has 0 aliphatic carbocycles. The Morgan fingerprint density at radius 2 is 1.91 bits per heavy atom. The van der Waals surface area contributed by atoms with Crippen molar-refractivity contribution in [1.29, 1.82) is 0 Å². The standard InChI is InChI=1S/C10H16N2O3S.C4H10O3/c13-8(14)4-2-1-3-7-9-6(5-16-7)11-10(15)12-9;5-1-3-7-4-2-6/h6-7,9H,1-5H2,(H,13,14)(H2,11,12,15);5-6H,1-4H2/t6-,7-,9-;/m0./s1. The van der Waals surface area contributed by atoms with Gasteiger partial charge in [-0.05, 0) is 12.8 Å². The molecule has 0 spiro atoms. The van der Waals surface area contributed by atoms with E-state index in [1.807, 2.05) is 11.8 Å². The first-order valence-corrected chi connectivity index (χ1v) is 8.83. The van der Waals surface area contributed by atoms with Crippen LogP contribution in [0.15, 0.2) is 0 Å². The van der Waals surface area contributed by atoms with E-state index >= 15 is 0 Å². The number of carboxylic acid groups (broad SMARTS) is 1. The average molecular weight is 350 g/mol. The molecule has 0 aromatic heterocycles. The SMILES string of the molecule is O=C(O)CCCC[C@@H]1SC[C@@H]2NC(=O)N[C@@H]21.OCCOCCO. The molecule has 2 rings (SSSR count). The third-order valence-electron chi connectivity index (χ3n) is 3.54. The van der Waals surface area contributed by atoms with E-state index in [1.54, 1.807) is 0 Å². The molecule has 0 radical (unpaired) electrons. The fourth-order valence-electron chi connectivity index (χ4n) is 2.50. The van der Waals surface area contributed by atoms with E-state index < -0.39 is 5.97 Å². The summed E-state index contributed by atoms with van der Waals surface area (Å²) in [6.07, 6.45) is 2.88. The molecule has 2 aliphatic rings. The Balaban J connectivity index is 0.000000322. The Morgan fingerprint density at radius 3 is 2.52 bits per heavy atom. The molecular weight excluding hydrogens is 324 g/mol. The van der Waals surface area contributed by atoms with Crippen molar-refractivity contribution >= 4 is 23.8 Å². The first kappa shape index (κ1) is 20.0. The van der Waals surface area contributed by atoms with Gasteiger partial charge in [0.15, 0.2) is 0 Å². The van der Waals surface area contributed by atoms with Gasteiger partial charge in [-0.2, -0.15) is 11.8 Å². The Kier molecular flexibility index (Phi) is 10.0. The van der Waals surface area contributed by atoms with Crippen LogP contribution < -0.4 is 10.6 Å². The summed E-state index contributed by atoms with van der Waals surface area (Å²) in [5.74, 6) is 0.236. The Bertz CT molecular complexity index is 367. The quantitative estimate of drug-likeness (QED) is 0.287. The number of thioether (sulfide) groups is 1. The van der Waals surface area contributed by atoms with Crippen molar-refractivity contribution in [1.82, 2.24) is 10.6 Å². The van der Waals surface area contributed by atoms with Crippen LogP contribution in [0.4, 0.5) is 4.79 Å². The molecule has 8 nitrogen and oxygen atoms in total. The molecule has 2 saturated heterocycles. The van der Waals surface area contributed by atoms with E-state index in [0.717, 1.165) is 25.0 Å². The van der Waals surface area contributed by atoms with Crippen LogP contribution in [0.3, 0.4) is 0 Å². The number of aliphatic hydroxyl groups excluding tert-OH is 2. The minimum absolute atomic E-state index is 0.0278. The van der Waals surface area contributed by atoms with Gasteiger partial charge in [0, 0.05) is 17.4 Å². The maximum atomic E-state index is 11.1. The summed E-state index contributed by atoms with van der Waals surface area (Å²) in [6.45, 7) is 0.696. The van der Waals surface area contributed by atoms with Gasteiger partial charge in [-0.25, -0.2) is 4.79 Å². The van der Waals surface area contributed by atoms with Crippen molar-refractivity contribution in [2.75, 3.05) is 32.2 Å². The molecule has 0 bridgehead atoms. The number of ether oxygens (including phenoxy) is 1. The van der Waals surface area contributed by atoms with Gasteiger partial charge >= 0.3 is 12.0 Å². The monoisotopic (exact) mass is 350 g/mol. The number of carboxylic acids is 1. The normalized spacial score (nSPS) is 25.1. The molecule has 5 N–H and O–H groups in total. The molecule has 3 atom stereocenters. The predicted octanol–water partition coefficient (Wildman–Crippen LogP) is -0.216. The minimum atomic E-state index is -0.729. The van der Waals surface area contributed by atoms with E-state index in [9.17, 15) is 9.59 Å². The van der Waals surface area contributed by atoms with Gasteiger partial charge in [-0.1, -0.05) is 6.42 Å². The number of amides is 2. The molecule has 2 heterocycles. The van der Waals surface area contributed by atoms with Crippen molar-refractivity contribution in [3.8, 4) is 0 Å². The summed E-state index contributed by atoms with van der Waals surface area (Å²) in [5, 5.41) is 31.0. The smallest absolute Gasteiger partial charge is 0.315 e. The molecule has 0 saturated carbocycles. The van der Waals surface area contributed by atoms with Crippen LogP contribution in [0.1, 0.15) is 25.7 Å². The largest absolute Gasteiger partial charge is 0.481 e. The van der Waals surface area contributed by atoms with Gasteiger partial charge in [0.25, 0.3) is 0 Å². The summed E-state index contributed by atoms with van der Waals surface area (Å²) < 4.78 is 4.63. The molecule has 0 unspecified atom stereocenters. The van der Waals surface area contributed by atoms with Crippen LogP contribution in [0.25, 0.3) is 0 Å². The first-order chi connectivity index (χ1) is 11.1. The van der Waals surface area contributed by atoms with Gasteiger partial charge in [-0.15, -0.1) is 0 Å². The van der Waals surface area contributed by atoms with Gasteiger partial charge in [-0.3, -0.25) is 4.79 Å². The molecule has 0 aromatic rings. The van der Waals surface area contributed by atoms with Crippen LogP contribution in [0.2, 0.25) is 0 Å². The number of hydrogen-bond acceptors (Lipinski definition) is 6. The number of nitrogens with one attached hydrogen (secondary N) is 2. The summed E-state index contributed by atoms with van der Waals surface area (Å²) in [5.41, 5.74) is 0. The lowest BCUT2D eigenvalue weighted by atomic mass is 10.0. The van der Waals surface area contributed by atoms with E-state index in [2.05, 4.69) is 15.4 Å². The van der Waals surface area contributed by atoms with Crippen molar-refractivity contribution in [3.63, 3.8) is 0 Å². The van der Waals surface area contributed by atoms with Gasteiger partial charge in [0.05, 0.1) is 38.5 Å². The van der Waals surface area contributed by atoms with E-state index in [-0.39, 0.29) is 37.7 Å². The lowest BCUT2D eigenvalue weighted by Gasteiger charge is -2.16. The molecule has 2 fully saturated rings. The maximum absolute atomic E-state index is 11.1.